The molecular weight excluding hydrogens is 395 g/mol. The fourth-order valence-corrected chi connectivity index (χ4v) is 4.65. The molecule has 0 unspecified atom stereocenters. The lowest BCUT2D eigenvalue weighted by atomic mass is 9.95. The highest BCUT2D eigenvalue weighted by Crippen LogP contribution is 2.23. The van der Waals surface area contributed by atoms with Crippen LogP contribution in [0.1, 0.15) is 35.8 Å². The second-order valence-corrected chi connectivity index (χ2v) is 9.23. The summed E-state index contributed by atoms with van der Waals surface area (Å²) < 4.78 is 45.2. The normalized spacial score (nSPS) is 16.6. The van der Waals surface area contributed by atoms with Gasteiger partial charge in [0, 0.05) is 18.7 Å². The molecule has 0 spiro atoms. The zero-order valence-corrected chi connectivity index (χ0v) is 17.3. The number of halogens is 1. The topological polar surface area (TPSA) is 75.7 Å². The Morgan fingerprint density at radius 1 is 1.03 bits per heavy atom. The summed E-state index contributed by atoms with van der Waals surface area (Å²) in [7, 11) is -3.60. The Hall–Kier alpha value is -2.29. The second-order valence-electron chi connectivity index (χ2n) is 7.29. The van der Waals surface area contributed by atoms with Crippen LogP contribution < -0.4 is 5.32 Å². The molecule has 1 saturated heterocycles. The largest absolute Gasteiger partial charge is 0.379 e. The van der Waals surface area contributed by atoms with Gasteiger partial charge in [0.25, 0.3) is 5.91 Å². The molecule has 2 aromatic carbocycles. The number of morpholine rings is 1. The van der Waals surface area contributed by atoms with Crippen molar-refractivity contribution in [1.29, 1.82) is 0 Å². The summed E-state index contributed by atoms with van der Waals surface area (Å²) in [5, 5.41) is 2.95. The number of ether oxygens (including phenoxy) is 1. The summed E-state index contributed by atoms with van der Waals surface area (Å²) >= 11 is 0. The van der Waals surface area contributed by atoms with Gasteiger partial charge in [-0.25, -0.2) is 12.8 Å². The lowest BCUT2D eigenvalue weighted by molar-refractivity contribution is 0.0730. The van der Waals surface area contributed by atoms with Gasteiger partial charge in [-0.15, -0.1) is 0 Å². The summed E-state index contributed by atoms with van der Waals surface area (Å²) in [6.45, 7) is 5.31. The zero-order chi connectivity index (χ0) is 21.0. The molecule has 2 aromatic rings. The first-order valence-electron chi connectivity index (χ1n) is 9.53. The molecule has 0 saturated carbocycles. The smallest absolute Gasteiger partial charge is 0.251 e. The summed E-state index contributed by atoms with van der Waals surface area (Å²) in [4.78, 5) is 12.8. The minimum atomic E-state index is -3.60. The monoisotopic (exact) mass is 420 g/mol. The van der Waals surface area contributed by atoms with Gasteiger partial charge in [0.15, 0.2) is 0 Å². The van der Waals surface area contributed by atoms with E-state index in [-0.39, 0.29) is 28.6 Å². The average Bonchev–Trinajstić information content (AvgIpc) is 2.73. The van der Waals surface area contributed by atoms with Gasteiger partial charge in [0.05, 0.1) is 24.2 Å². The van der Waals surface area contributed by atoms with Crippen LogP contribution in [0.15, 0.2) is 53.4 Å². The average molecular weight is 421 g/mol. The third-order valence-electron chi connectivity index (χ3n) is 4.91. The third-order valence-corrected chi connectivity index (χ3v) is 6.82. The molecule has 0 aromatic heterocycles. The van der Waals surface area contributed by atoms with Crippen LogP contribution in [-0.4, -0.2) is 44.9 Å². The van der Waals surface area contributed by atoms with E-state index in [0.29, 0.717) is 31.9 Å². The zero-order valence-electron chi connectivity index (χ0n) is 16.5. The van der Waals surface area contributed by atoms with Crippen molar-refractivity contribution >= 4 is 15.9 Å². The van der Waals surface area contributed by atoms with Crippen molar-refractivity contribution in [3.8, 4) is 0 Å². The standard InChI is InChI=1S/C21H25FN2O4S/c1-15(2)20(16-3-7-18(22)8-4-16)23-21(25)17-5-9-19(10-6-17)29(26,27)24-11-13-28-14-12-24/h3-10,15,20H,11-14H2,1-2H3,(H,23,25)/t20-/m0/s1. The molecule has 1 N–H and O–H groups in total. The molecule has 0 aliphatic carbocycles. The minimum Gasteiger partial charge on any atom is -0.379 e. The fraction of sp³-hybridized carbons (Fsp3) is 0.381. The number of hydrogen-bond donors (Lipinski definition) is 1. The quantitative estimate of drug-likeness (QED) is 0.780. The van der Waals surface area contributed by atoms with Crippen molar-refractivity contribution in [2.24, 2.45) is 5.92 Å². The molecule has 1 amide bonds. The fourth-order valence-electron chi connectivity index (χ4n) is 3.24. The van der Waals surface area contributed by atoms with Crippen molar-refractivity contribution in [1.82, 2.24) is 9.62 Å². The van der Waals surface area contributed by atoms with Crippen LogP contribution in [0.5, 0.6) is 0 Å². The van der Waals surface area contributed by atoms with Gasteiger partial charge in [0.1, 0.15) is 5.82 Å². The van der Waals surface area contributed by atoms with E-state index in [1.165, 1.54) is 40.7 Å². The Morgan fingerprint density at radius 2 is 1.62 bits per heavy atom. The Morgan fingerprint density at radius 3 is 2.17 bits per heavy atom. The second kappa shape index (κ2) is 9.02. The van der Waals surface area contributed by atoms with Crippen LogP contribution in [0.4, 0.5) is 4.39 Å². The first-order valence-corrected chi connectivity index (χ1v) is 11.0. The van der Waals surface area contributed by atoms with E-state index < -0.39 is 10.0 Å². The van der Waals surface area contributed by atoms with Crippen molar-refractivity contribution in [3.63, 3.8) is 0 Å². The molecule has 1 heterocycles. The molecule has 1 aliphatic rings. The lowest BCUT2D eigenvalue weighted by Crippen LogP contribution is -2.40. The summed E-state index contributed by atoms with van der Waals surface area (Å²) in [5.41, 5.74) is 1.17. The van der Waals surface area contributed by atoms with E-state index in [1.54, 1.807) is 12.1 Å². The highest BCUT2D eigenvalue weighted by Gasteiger charge is 2.26. The molecule has 1 fully saturated rings. The highest BCUT2D eigenvalue weighted by atomic mass is 32.2. The van der Waals surface area contributed by atoms with E-state index >= 15 is 0 Å². The summed E-state index contributed by atoms with van der Waals surface area (Å²) in [5.74, 6) is -0.562. The highest BCUT2D eigenvalue weighted by molar-refractivity contribution is 7.89. The van der Waals surface area contributed by atoms with E-state index in [4.69, 9.17) is 4.74 Å². The number of sulfonamides is 1. The molecule has 8 heteroatoms. The van der Waals surface area contributed by atoms with Gasteiger partial charge in [0.2, 0.25) is 10.0 Å². The molecule has 29 heavy (non-hydrogen) atoms. The third kappa shape index (κ3) is 5.01. The lowest BCUT2D eigenvalue weighted by Gasteiger charge is -2.26. The van der Waals surface area contributed by atoms with Crippen LogP contribution in [0.25, 0.3) is 0 Å². The maximum Gasteiger partial charge on any atom is 0.251 e. The van der Waals surface area contributed by atoms with Gasteiger partial charge < -0.3 is 10.1 Å². The van der Waals surface area contributed by atoms with Crippen LogP contribution in [0, 0.1) is 11.7 Å². The molecule has 6 nitrogen and oxygen atoms in total. The predicted molar refractivity (Wildman–Crippen MR) is 107 cm³/mol. The number of carbonyl (C=O) groups is 1. The molecule has 3 rings (SSSR count). The first kappa shape index (κ1) is 21.4. The molecule has 1 aliphatic heterocycles. The molecule has 0 radical (unpaired) electrons. The number of rotatable bonds is 6. The minimum absolute atomic E-state index is 0.0883. The Kier molecular flexibility index (Phi) is 6.66. The van der Waals surface area contributed by atoms with E-state index in [0.717, 1.165) is 5.56 Å². The molecule has 156 valence electrons. The van der Waals surface area contributed by atoms with Crippen LogP contribution in [0.3, 0.4) is 0 Å². The van der Waals surface area contributed by atoms with Gasteiger partial charge in [-0.2, -0.15) is 4.31 Å². The van der Waals surface area contributed by atoms with E-state index in [9.17, 15) is 17.6 Å². The maximum atomic E-state index is 13.2. The van der Waals surface area contributed by atoms with E-state index in [2.05, 4.69) is 5.32 Å². The number of benzene rings is 2. The molecule has 0 bridgehead atoms. The Bertz CT molecular complexity index is 938. The Labute approximate surface area is 170 Å². The van der Waals surface area contributed by atoms with Crippen LogP contribution in [-0.2, 0) is 14.8 Å². The first-order chi connectivity index (χ1) is 13.8. The van der Waals surface area contributed by atoms with Gasteiger partial charge >= 0.3 is 0 Å². The van der Waals surface area contributed by atoms with Gasteiger partial charge in [-0.1, -0.05) is 26.0 Å². The Balaban J connectivity index is 1.74. The van der Waals surface area contributed by atoms with Crippen LogP contribution in [0.2, 0.25) is 0 Å². The predicted octanol–water partition coefficient (Wildman–Crippen LogP) is 2.97. The molecule has 1 atom stereocenters. The van der Waals surface area contributed by atoms with Crippen molar-refractivity contribution in [3.05, 3.63) is 65.5 Å². The molecular formula is C21H25FN2O4S. The number of carbonyl (C=O) groups excluding carboxylic acids is 1. The van der Waals surface area contributed by atoms with Gasteiger partial charge in [-0.3, -0.25) is 4.79 Å². The van der Waals surface area contributed by atoms with Crippen molar-refractivity contribution < 1.29 is 22.3 Å². The number of amides is 1. The van der Waals surface area contributed by atoms with Crippen molar-refractivity contribution in [2.45, 2.75) is 24.8 Å². The summed E-state index contributed by atoms with van der Waals surface area (Å²) in [6, 6.07) is 11.6. The van der Waals surface area contributed by atoms with Crippen LogP contribution >= 0.6 is 0 Å². The van der Waals surface area contributed by atoms with Crippen molar-refractivity contribution in [2.75, 3.05) is 26.3 Å². The van der Waals surface area contributed by atoms with E-state index in [1.807, 2.05) is 13.8 Å². The SMILES string of the molecule is CC(C)[C@H](NC(=O)c1ccc(S(=O)(=O)N2CCOCC2)cc1)c1ccc(F)cc1. The maximum absolute atomic E-state index is 13.2. The number of nitrogens with one attached hydrogen (secondary N) is 1. The number of hydrogen-bond acceptors (Lipinski definition) is 4. The van der Waals surface area contributed by atoms with Gasteiger partial charge in [-0.05, 0) is 47.9 Å². The summed E-state index contributed by atoms with van der Waals surface area (Å²) in [6.07, 6.45) is 0. The number of nitrogens with zero attached hydrogens (tertiary/aromatic N) is 1.